The van der Waals surface area contributed by atoms with Gasteiger partial charge in [0, 0.05) is 13.0 Å². The van der Waals surface area contributed by atoms with Crippen molar-refractivity contribution in [3.63, 3.8) is 0 Å². The molecule has 28 heavy (non-hydrogen) atoms. The molecule has 0 spiro atoms. The van der Waals surface area contributed by atoms with Gasteiger partial charge in [-0.05, 0) is 42.7 Å². The zero-order chi connectivity index (χ0) is 20.0. The SMILES string of the molecule is O=C(NOC1CCCCO1)C(NS(=O)(=O)c1ccc(F)cc1)c1ccccc1. The summed E-state index contributed by atoms with van der Waals surface area (Å²) in [5.41, 5.74) is 2.71. The quantitative estimate of drug-likeness (QED) is 0.687. The maximum absolute atomic E-state index is 13.1. The Kier molecular flexibility index (Phi) is 6.74. The van der Waals surface area contributed by atoms with Crippen molar-refractivity contribution in [2.75, 3.05) is 6.61 Å². The second-order valence-corrected chi connectivity index (χ2v) is 8.01. The Balaban J connectivity index is 1.77. The van der Waals surface area contributed by atoms with E-state index in [1.165, 1.54) is 0 Å². The van der Waals surface area contributed by atoms with Crippen molar-refractivity contribution in [3.8, 4) is 0 Å². The fraction of sp³-hybridized carbons (Fsp3) is 0.316. The molecule has 3 rings (SSSR count). The van der Waals surface area contributed by atoms with E-state index in [-0.39, 0.29) is 4.90 Å². The number of carbonyl (C=O) groups excluding carboxylic acids is 1. The Hall–Kier alpha value is -2.33. The normalized spacial score (nSPS) is 18.4. The number of nitrogens with one attached hydrogen (secondary N) is 2. The molecule has 1 aliphatic heterocycles. The Morgan fingerprint density at radius 1 is 1.11 bits per heavy atom. The molecule has 0 aromatic heterocycles. The maximum Gasteiger partial charge on any atom is 0.266 e. The van der Waals surface area contributed by atoms with E-state index in [4.69, 9.17) is 9.57 Å². The van der Waals surface area contributed by atoms with Crippen LogP contribution in [-0.4, -0.2) is 27.2 Å². The van der Waals surface area contributed by atoms with Gasteiger partial charge in [0.25, 0.3) is 5.91 Å². The van der Waals surface area contributed by atoms with Crippen LogP contribution >= 0.6 is 0 Å². The summed E-state index contributed by atoms with van der Waals surface area (Å²) in [5.74, 6) is -1.25. The molecule has 1 saturated heterocycles. The van der Waals surface area contributed by atoms with Crippen LogP contribution in [-0.2, 0) is 24.4 Å². The number of amides is 1. The molecule has 0 aliphatic carbocycles. The molecule has 2 unspecified atom stereocenters. The van der Waals surface area contributed by atoms with Gasteiger partial charge < -0.3 is 4.74 Å². The van der Waals surface area contributed by atoms with Crippen molar-refractivity contribution in [3.05, 3.63) is 66.0 Å². The second-order valence-electron chi connectivity index (χ2n) is 6.30. The lowest BCUT2D eigenvalue weighted by Gasteiger charge is -2.24. The number of hydrogen-bond acceptors (Lipinski definition) is 5. The minimum absolute atomic E-state index is 0.154. The highest BCUT2D eigenvalue weighted by atomic mass is 32.2. The summed E-state index contributed by atoms with van der Waals surface area (Å²) in [6.45, 7) is 0.542. The first-order chi connectivity index (χ1) is 13.5. The van der Waals surface area contributed by atoms with Crippen LogP contribution in [0.5, 0.6) is 0 Å². The van der Waals surface area contributed by atoms with E-state index < -0.39 is 34.1 Å². The number of benzene rings is 2. The summed E-state index contributed by atoms with van der Waals surface area (Å²) < 4.78 is 46.2. The largest absolute Gasteiger partial charge is 0.350 e. The van der Waals surface area contributed by atoms with E-state index in [0.717, 1.165) is 37.1 Å². The molecule has 2 aromatic rings. The van der Waals surface area contributed by atoms with Gasteiger partial charge in [-0.3, -0.25) is 4.79 Å². The zero-order valence-electron chi connectivity index (χ0n) is 15.0. The summed E-state index contributed by atoms with van der Waals surface area (Å²) in [6, 6.07) is 11.5. The van der Waals surface area contributed by atoms with E-state index in [0.29, 0.717) is 18.6 Å². The molecule has 2 atom stereocenters. The summed E-state index contributed by atoms with van der Waals surface area (Å²) in [4.78, 5) is 17.8. The summed E-state index contributed by atoms with van der Waals surface area (Å²) in [7, 11) is -4.08. The Labute approximate surface area is 162 Å². The molecule has 0 bridgehead atoms. The minimum Gasteiger partial charge on any atom is -0.350 e. The summed E-state index contributed by atoms with van der Waals surface area (Å²) in [5, 5.41) is 0. The van der Waals surface area contributed by atoms with E-state index in [9.17, 15) is 17.6 Å². The van der Waals surface area contributed by atoms with Gasteiger partial charge in [0.15, 0.2) is 6.29 Å². The molecule has 1 heterocycles. The molecule has 1 fully saturated rings. The van der Waals surface area contributed by atoms with Crippen molar-refractivity contribution < 1.29 is 27.2 Å². The molecule has 2 N–H and O–H groups in total. The number of hydroxylamine groups is 1. The first-order valence-electron chi connectivity index (χ1n) is 8.86. The molecular weight excluding hydrogens is 387 g/mol. The zero-order valence-corrected chi connectivity index (χ0v) is 15.8. The Morgan fingerprint density at radius 2 is 1.82 bits per heavy atom. The van der Waals surface area contributed by atoms with Crippen LogP contribution in [0.15, 0.2) is 59.5 Å². The Bertz CT molecular complexity index is 884. The van der Waals surface area contributed by atoms with Crippen molar-refractivity contribution in [1.29, 1.82) is 0 Å². The van der Waals surface area contributed by atoms with E-state index in [1.807, 2.05) is 0 Å². The standard InChI is InChI=1S/C19H21FN2O5S/c20-15-9-11-16(12-10-15)28(24,25)22-18(14-6-2-1-3-7-14)19(23)21-27-17-8-4-5-13-26-17/h1-3,6-7,9-12,17-18,22H,4-5,8,13H2,(H,21,23). The predicted molar refractivity (Wildman–Crippen MR) is 98.7 cm³/mol. The second kappa shape index (κ2) is 9.24. The molecule has 0 saturated carbocycles. The topological polar surface area (TPSA) is 93.7 Å². The van der Waals surface area contributed by atoms with Crippen LogP contribution in [0.25, 0.3) is 0 Å². The fourth-order valence-corrected chi connectivity index (χ4v) is 3.93. The first kappa shape index (κ1) is 20.4. The third kappa shape index (κ3) is 5.35. The lowest BCUT2D eigenvalue weighted by atomic mass is 10.1. The van der Waals surface area contributed by atoms with Gasteiger partial charge in [-0.1, -0.05) is 30.3 Å². The number of halogens is 1. The minimum atomic E-state index is -4.08. The predicted octanol–water partition coefficient (Wildman–Crippen LogP) is 2.42. The highest BCUT2D eigenvalue weighted by Crippen LogP contribution is 2.19. The third-order valence-electron chi connectivity index (χ3n) is 4.22. The molecule has 150 valence electrons. The van der Waals surface area contributed by atoms with E-state index >= 15 is 0 Å². The van der Waals surface area contributed by atoms with Crippen molar-refractivity contribution in [2.24, 2.45) is 0 Å². The number of hydrogen-bond donors (Lipinski definition) is 2. The van der Waals surface area contributed by atoms with Gasteiger partial charge in [0.05, 0.1) is 4.90 Å². The monoisotopic (exact) mass is 408 g/mol. The van der Waals surface area contributed by atoms with Crippen LogP contribution in [0, 0.1) is 5.82 Å². The summed E-state index contributed by atoms with van der Waals surface area (Å²) in [6.07, 6.45) is 1.91. The summed E-state index contributed by atoms with van der Waals surface area (Å²) >= 11 is 0. The van der Waals surface area contributed by atoms with E-state index in [1.54, 1.807) is 30.3 Å². The van der Waals surface area contributed by atoms with Crippen molar-refractivity contribution >= 4 is 15.9 Å². The van der Waals surface area contributed by atoms with Crippen LogP contribution in [0.1, 0.15) is 30.9 Å². The van der Waals surface area contributed by atoms with E-state index in [2.05, 4.69) is 10.2 Å². The van der Waals surface area contributed by atoms with Crippen LogP contribution in [0.3, 0.4) is 0 Å². The van der Waals surface area contributed by atoms with Gasteiger partial charge in [0.2, 0.25) is 10.0 Å². The average molecular weight is 408 g/mol. The van der Waals surface area contributed by atoms with Crippen molar-refractivity contribution in [2.45, 2.75) is 36.5 Å². The van der Waals surface area contributed by atoms with Gasteiger partial charge in [-0.25, -0.2) is 23.1 Å². The maximum atomic E-state index is 13.1. The number of carbonyl (C=O) groups is 1. The number of sulfonamides is 1. The fourth-order valence-electron chi connectivity index (χ4n) is 2.74. The number of rotatable bonds is 7. The highest BCUT2D eigenvalue weighted by Gasteiger charge is 2.28. The number of ether oxygens (including phenoxy) is 1. The molecule has 7 nitrogen and oxygen atoms in total. The first-order valence-corrected chi connectivity index (χ1v) is 10.3. The van der Waals surface area contributed by atoms with Gasteiger partial charge in [0.1, 0.15) is 11.9 Å². The highest BCUT2D eigenvalue weighted by molar-refractivity contribution is 7.89. The molecule has 1 amide bonds. The van der Waals surface area contributed by atoms with Crippen LogP contribution in [0.2, 0.25) is 0 Å². The lowest BCUT2D eigenvalue weighted by molar-refractivity contribution is -0.201. The molecule has 9 heteroatoms. The smallest absolute Gasteiger partial charge is 0.266 e. The van der Waals surface area contributed by atoms with Crippen LogP contribution < -0.4 is 10.2 Å². The lowest BCUT2D eigenvalue weighted by Crippen LogP contribution is -2.42. The molecule has 0 radical (unpaired) electrons. The average Bonchev–Trinajstić information content (AvgIpc) is 2.72. The third-order valence-corrected chi connectivity index (χ3v) is 5.66. The van der Waals surface area contributed by atoms with Gasteiger partial charge in [-0.2, -0.15) is 4.72 Å². The molecular formula is C19H21FN2O5S. The van der Waals surface area contributed by atoms with Gasteiger partial charge >= 0.3 is 0 Å². The molecule has 2 aromatic carbocycles. The molecule has 1 aliphatic rings. The van der Waals surface area contributed by atoms with Crippen LogP contribution in [0.4, 0.5) is 4.39 Å². The van der Waals surface area contributed by atoms with Crippen molar-refractivity contribution in [1.82, 2.24) is 10.2 Å². The van der Waals surface area contributed by atoms with Gasteiger partial charge in [-0.15, -0.1) is 0 Å². The Morgan fingerprint density at radius 3 is 2.46 bits per heavy atom.